The monoisotopic (exact) mass is 1130 g/mol. The predicted molar refractivity (Wildman–Crippen MR) is 376 cm³/mol. The lowest BCUT2D eigenvalue weighted by molar-refractivity contribution is 1.22. The highest BCUT2D eigenvalue weighted by Gasteiger charge is 2.45. The van der Waals surface area contributed by atoms with Crippen molar-refractivity contribution in [3.8, 4) is 67.2 Å². The Hall–Kier alpha value is -11.7. The molecule has 2 aliphatic rings. The number of hydrogen-bond acceptors (Lipinski definition) is 4. The third-order valence-corrected chi connectivity index (χ3v) is 18.5. The number of rotatable bonds is 8. The first-order valence-corrected chi connectivity index (χ1v) is 30.6. The molecule has 18 rings (SSSR count). The lowest BCUT2D eigenvalue weighted by Gasteiger charge is -2.45. The Balaban J connectivity index is 1.03. The van der Waals surface area contributed by atoms with Gasteiger partial charge in [0, 0.05) is 50.6 Å². The van der Waals surface area contributed by atoms with Crippen LogP contribution in [0.3, 0.4) is 0 Å². The van der Waals surface area contributed by atoms with Gasteiger partial charge in [0.2, 0.25) is 0 Å². The van der Waals surface area contributed by atoms with Crippen LogP contribution in [0.5, 0.6) is 0 Å². The maximum absolute atomic E-state index is 5.70. The van der Waals surface area contributed by atoms with Crippen LogP contribution in [0.25, 0.3) is 121 Å². The van der Waals surface area contributed by atoms with Crippen molar-refractivity contribution in [3.05, 3.63) is 322 Å². The highest BCUT2D eigenvalue weighted by atomic mass is 15.2. The van der Waals surface area contributed by atoms with E-state index in [9.17, 15) is 0 Å². The molecule has 0 atom stereocenters. The molecule has 16 aromatic rings. The van der Waals surface area contributed by atoms with Crippen LogP contribution in [-0.2, 0) is 0 Å². The van der Waals surface area contributed by atoms with E-state index in [-0.39, 0.29) is 6.71 Å². The van der Waals surface area contributed by atoms with Crippen LogP contribution in [-0.4, -0.2) is 16.7 Å². The highest BCUT2D eigenvalue weighted by molar-refractivity contribution is 7.00. The van der Waals surface area contributed by atoms with Crippen molar-refractivity contribution in [2.24, 2.45) is 0 Å². The average molecular weight is 1130 g/mol. The van der Waals surface area contributed by atoms with Crippen LogP contribution in [0.15, 0.2) is 322 Å². The minimum absolute atomic E-state index is 0.211. The lowest BCUT2D eigenvalue weighted by atomic mass is 9.33. The molecule has 0 fully saturated rings. The number of fused-ring (bicyclic) bond motifs is 11. The number of anilines is 6. The van der Waals surface area contributed by atoms with E-state index < -0.39 is 0 Å². The normalized spacial score (nSPS) is 12.4. The van der Waals surface area contributed by atoms with Crippen LogP contribution in [0.4, 0.5) is 34.1 Å². The molecule has 0 bridgehead atoms. The lowest BCUT2D eigenvalue weighted by Crippen LogP contribution is -2.61. The summed E-state index contributed by atoms with van der Waals surface area (Å²) in [7, 11) is 0. The largest absolute Gasteiger partial charge is 0.311 e. The summed E-state index contributed by atoms with van der Waals surface area (Å²) in [6.07, 6.45) is 0. The Morgan fingerprint density at radius 1 is 0.236 bits per heavy atom. The molecule has 0 N–H and O–H groups in total. The molecule has 0 radical (unpaired) electrons. The van der Waals surface area contributed by atoms with Gasteiger partial charge in [-0.25, -0.2) is 9.97 Å². The molecule has 0 saturated heterocycles. The van der Waals surface area contributed by atoms with Crippen LogP contribution in [0, 0.1) is 0 Å². The molecule has 0 aliphatic carbocycles. The average Bonchev–Trinajstić information content (AvgIpc) is 0.701. The quantitative estimate of drug-likeness (QED) is 0.112. The van der Waals surface area contributed by atoms with E-state index in [1.807, 2.05) is 0 Å². The predicted octanol–water partition coefficient (Wildman–Crippen LogP) is 20.3. The summed E-state index contributed by atoms with van der Waals surface area (Å²) in [5.74, 6) is 0.677. The Labute approximate surface area is 516 Å². The van der Waals surface area contributed by atoms with Crippen LogP contribution in [0.1, 0.15) is 0 Å². The molecule has 4 nitrogen and oxygen atoms in total. The smallest absolute Gasteiger partial charge is 0.252 e. The van der Waals surface area contributed by atoms with E-state index in [1.54, 1.807) is 0 Å². The third kappa shape index (κ3) is 8.46. The van der Waals surface area contributed by atoms with Gasteiger partial charge in [-0.1, -0.05) is 255 Å². The van der Waals surface area contributed by atoms with Crippen LogP contribution in [0.2, 0.25) is 0 Å². The number of nitrogens with zero attached hydrogens (tertiary/aromatic N) is 4. The summed E-state index contributed by atoms with van der Waals surface area (Å²) in [6, 6.07) is 119. The second kappa shape index (κ2) is 20.5. The second-order valence-electron chi connectivity index (χ2n) is 23.6. The van der Waals surface area contributed by atoms with Gasteiger partial charge in [-0.3, -0.25) is 0 Å². The number of hydrogen-bond donors (Lipinski definition) is 0. The Morgan fingerprint density at radius 3 is 1.04 bits per heavy atom. The zero-order valence-electron chi connectivity index (χ0n) is 48.5. The van der Waals surface area contributed by atoms with Crippen LogP contribution >= 0.6 is 0 Å². The number of benzene rings is 15. The maximum Gasteiger partial charge on any atom is 0.252 e. The standard InChI is InChI=1S/C84H53BN4/c1-6-22-54(23-7-1)63-42-64(55-24-8-2-9-25-55)45-68(44-63)88-78-52-73-61(40-38-58-30-16-18-34-70(58)73)48-75(78)85-76-49-62-41-39-59-31-17-19-35-71(59)74(62)53-79(76)89(69-46-65(56-26-10-3-11-27-56)43-66(47-69)57-28-12-4-13-29-57)81-51-67(50-80(88)82(81)85)83-72-36-20-21-37-77(72)86-84(87-83)60-32-14-5-15-33-60/h1-53H. The molecule has 0 spiro atoms. The van der Waals surface area contributed by atoms with E-state index in [4.69, 9.17) is 9.97 Å². The van der Waals surface area contributed by atoms with Crippen molar-refractivity contribution in [2.45, 2.75) is 0 Å². The first-order chi connectivity index (χ1) is 44.1. The third-order valence-electron chi connectivity index (χ3n) is 18.5. The first kappa shape index (κ1) is 50.6. The van der Waals surface area contributed by atoms with Crippen molar-refractivity contribution >= 4 is 111 Å². The van der Waals surface area contributed by atoms with Gasteiger partial charge in [-0.05, 0) is 171 Å². The molecule has 1 aromatic heterocycles. The summed E-state index contributed by atoms with van der Waals surface area (Å²) >= 11 is 0. The minimum atomic E-state index is -0.211. The Morgan fingerprint density at radius 2 is 0.607 bits per heavy atom. The van der Waals surface area contributed by atoms with E-state index in [0.717, 1.165) is 106 Å². The molecule has 2 aliphatic heterocycles. The van der Waals surface area contributed by atoms with E-state index >= 15 is 0 Å². The fourth-order valence-electron chi connectivity index (χ4n) is 14.4. The van der Waals surface area contributed by atoms with Gasteiger partial charge >= 0.3 is 0 Å². The molecule has 3 heterocycles. The second-order valence-corrected chi connectivity index (χ2v) is 23.6. The topological polar surface area (TPSA) is 32.3 Å². The molecule has 412 valence electrons. The van der Waals surface area contributed by atoms with Crippen molar-refractivity contribution < 1.29 is 0 Å². The molecular weight excluding hydrogens is 1080 g/mol. The van der Waals surface area contributed by atoms with Gasteiger partial charge in [0.15, 0.2) is 5.82 Å². The van der Waals surface area contributed by atoms with E-state index in [2.05, 4.69) is 331 Å². The molecule has 89 heavy (non-hydrogen) atoms. The fourth-order valence-corrected chi connectivity index (χ4v) is 14.4. The summed E-state index contributed by atoms with van der Waals surface area (Å²) < 4.78 is 0. The summed E-state index contributed by atoms with van der Waals surface area (Å²) in [5.41, 5.74) is 23.0. The molecule has 5 heteroatoms. The van der Waals surface area contributed by atoms with Gasteiger partial charge in [0.05, 0.1) is 11.2 Å². The van der Waals surface area contributed by atoms with Gasteiger partial charge in [-0.15, -0.1) is 0 Å². The SMILES string of the molecule is c1ccc(-c2cc(-c3ccccc3)cc(N3c4cc5c(ccc6ccccc65)cc4B4c5cc6ccc7ccccc7c6cc5N(c5cc(-c6ccccc6)cc(-c6ccccc6)c5)c5cc(-c6nc(-c7ccccc7)nc7ccccc67)cc3c54)c2)cc1. The zero-order valence-corrected chi connectivity index (χ0v) is 48.5. The van der Waals surface area contributed by atoms with Gasteiger partial charge < -0.3 is 9.80 Å². The molecule has 0 saturated carbocycles. The van der Waals surface area contributed by atoms with Gasteiger partial charge in [0.25, 0.3) is 6.71 Å². The Kier molecular flexibility index (Phi) is 11.7. The molecule has 15 aromatic carbocycles. The first-order valence-electron chi connectivity index (χ1n) is 30.6. The zero-order chi connectivity index (χ0) is 58.5. The minimum Gasteiger partial charge on any atom is -0.311 e. The van der Waals surface area contributed by atoms with Crippen molar-refractivity contribution in [1.82, 2.24) is 9.97 Å². The Bertz CT molecular complexity index is 5110. The number of aromatic nitrogens is 2. The summed E-state index contributed by atoms with van der Waals surface area (Å²) in [5, 5.41) is 10.6. The fraction of sp³-hybridized carbons (Fsp3) is 0. The van der Waals surface area contributed by atoms with E-state index in [1.165, 1.54) is 59.5 Å². The molecule has 0 unspecified atom stereocenters. The molecular formula is C84H53BN4. The van der Waals surface area contributed by atoms with Crippen molar-refractivity contribution in [1.29, 1.82) is 0 Å². The van der Waals surface area contributed by atoms with Gasteiger partial charge in [0.1, 0.15) is 0 Å². The number of para-hydroxylation sites is 1. The van der Waals surface area contributed by atoms with Crippen LogP contribution < -0.4 is 26.2 Å². The van der Waals surface area contributed by atoms with Crippen molar-refractivity contribution in [2.75, 3.05) is 9.80 Å². The molecule has 0 amide bonds. The van der Waals surface area contributed by atoms with Gasteiger partial charge in [-0.2, -0.15) is 0 Å². The maximum atomic E-state index is 5.70. The van der Waals surface area contributed by atoms with E-state index in [0.29, 0.717) is 5.82 Å². The summed E-state index contributed by atoms with van der Waals surface area (Å²) in [4.78, 5) is 16.2. The summed E-state index contributed by atoms with van der Waals surface area (Å²) in [6.45, 7) is -0.211. The highest BCUT2D eigenvalue weighted by Crippen LogP contribution is 2.51. The van der Waals surface area contributed by atoms with Crippen molar-refractivity contribution in [3.63, 3.8) is 0 Å².